The van der Waals surface area contributed by atoms with E-state index in [0.717, 1.165) is 37.2 Å². The van der Waals surface area contributed by atoms with Gasteiger partial charge in [0, 0.05) is 24.5 Å². The highest BCUT2D eigenvalue weighted by molar-refractivity contribution is 5.87. The van der Waals surface area contributed by atoms with E-state index in [2.05, 4.69) is 10.6 Å². The Morgan fingerprint density at radius 2 is 1.63 bits per heavy atom. The van der Waals surface area contributed by atoms with Gasteiger partial charge in [0.2, 0.25) is 5.91 Å². The maximum Gasteiger partial charge on any atom is 0.411 e. The number of likely N-dealkylation sites (tertiary alicyclic amines) is 1. The van der Waals surface area contributed by atoms with Gasteiger partial charge in [0.1, 0.15) is 6.04 Å². The molecule has 1 aliphatic rings. The van der Waals surface area contributed by atoms with Gasteiger partial charge >= 0.3 is 6.09 Å². The van der Waals surface area contributed by atoms with E-state index in [1.54, 1.807) is 19.1 Å². The van der Waals surface area contributed by atoms with Gasteiger partial charge in [-0.2, -0.15) is 0 Å². The number of nitrogens with zero attached hydrogens (tertiary/aromatic N) is 1. The third kappa shape index (κ3) is 5.00. The number of benzene rings is 2. The zero-order valence-corrected chi connectivity index (χ0v) is 15.5. The van der Waals surface area contributed by atoms with Crippen molar-refractivity contribution in [1.29, 1.82) is 0 Å². The maximum absolute atomic E-state index is 13.0. The lowest BCUT2D eigenvalue weighted by molar-refractivity contribution is -0.131. The molecule has 6 heteroatoms. The first-order valence-electron chi connectivity index (χ1n) is 9.31. The second kappa shape index (κ2) is 9.07. The minimum Gasteiger partial charge on any atom is -0.450 e. The summed E-state index contributed by atoms with van der Waals surface area (Å²) in [5, 5.41) is 6.00. The van der Waals surface area contributed by atoms with Crippen LogP contribution in [0.3, 0.4) is 0 Å². The highest BCUT2D eigenvalue weighted by Crippen LogP contribution is 2.25. The average Bonchev–Trinajstić information content (AvgIpc) is 3.22. The van der Waals surface area contributed by atoms with Crippen molar-refractivity contribution in [1.82, 2.24) is 4.90 Å². The second-order valence-electron chi connectivity index (χ2n) is 6.44. The van der Waals surface area contributed by atoms with Crippen LogP contribution in [0, 0.1) is 0 Å². The van der Waals surface area contributed by atoms with Gasteiger partial charge in [0.05, 0.1) is 6.61 Å². The van der Waals surface area contributed by atoms with Gasteiger partial charge in [-0.25, -0.2) is 4.79 Å². The van der Waals surface area contributed by atoms with Crippen LogP contribution in [0.5, 0.6) is 0 Å². The van der Waals surface area contributed by atoms with Gasteiger partial charge in [-0.1, -0.05) is 30.3 Å². The number of ether oxygens (including phenoxy) is 1. The summed E-state index contributed by atoms with van der Waals surface area (Å²) in [7, 11) is 0. The monoisotopic (exact) mass is 367 g/mol. The number of rotatable bonds is 6. The number of hydrogen-bond donors (Lipinski definition) is 2. The number of anilines is 2. The van der Waals surface area contributed by atoms with Crippen molar-refractivity contribution in [3.63, 3.8) is 0 Å². The van der Waals surface area contributed by atoms with E-state index in [9.17, 15) is 9.59 Å². The number of nitrogens with one attached hydrogen (secondary N) is 2. The Balaban J connectivity index is 1.73. The summed E-state index contributed by atoms with van der Waals surface area (Å²) in [6.45, 7) is 3.70. The van der Waals surface area contributed by atoms with Crippen LogP contribution in [-0.2, 0) is 9.53 Å². The fraction of sp³-hybridized carbons (Fsp3) is 0.333. The average molecular weight is 367 g/mol. The Morgan fingerprint density at radius 1 is 1.00 bits per heavy atom. The van der Waals surface area contributed by atoms with Crippen LogP contribution in [-0.4, -0.2) is 36.6 Å². The Labute approximate surface area is 159 Å². The van der Waals surface area contributed by atoms with Crippen LogP contribution in [0.15, 0.2) is 54.6 Å². The number of carbonyl (C=O) groups excluding carboxylic acids is 2. The molecule has 2 aromatic carbocycles. The molecule has 1 atom stereocenters. The minimum absolute atomic E-state index is 0.0902. The summed E-state index contributed by atoms with van der Waals surface area (Å²) in [5.74, 6) is 0.0902. The molecule has 1 saturated heterocycles. The lowest BCUT2D eigenvalue weighted by Crippen LogP contribution is -2.36. The van der Waals surface area contributed by atoms with Crippen LogP contribution < -0.4 is 10.6 Å². The normalized spacial score (nSPS) is 14.5. The Bertz CT molecular complexity index is 756. The molecule has 0 radical (unpaired) electrons. The SMILES string of the molecule is CCOC(=O)Nc1ccc(NC(C(=O)N2CCCC2)c2ccccc2)cc1. The Hall–Kier alpha value is -3.02. The molecular formula is C21H25N3O3. The molecule has 0 bridgehead atoms. The molecular weight excluding hydrogens is 342 g/mol. The van der Waals surface area contributed by atoms with Crippen LogP contribution in [0.2, 0.25) is 0 Å². The summed E-state index contributed by atoms with van der Waals surface area (Å²) in [6, 6.07) is 16.5. The standard InChI is InChI=1S/C21H25N3O3/c1-2-27-21(26)23-18-12-10-17(11-13-18)22-19(16-8-4-3-5-9-16)20(25)24-14-6-7-15-24/h3-5,8-13,19,22H,2,6-7,14-15H2,1H3,(H,23,26). The zero-order chi connectivity index (χ0) is 19.1. The van der Waals surface area contributed by atoms with E-state index in [4.69, 9.17) is 4.74 Å². The first kappa shape index (κ1) is 18.8. The van der Waals surface area contributed by atoms with E-state index in [1.165, 1.54) is 0 Å². The molecule has 0 saturated carbocycles. The Morgan fingerprint density at radius 3 is 2.26 bits per heavy atom. The largest absolute Gasteiger partial charge is 0.450 e. The fourth-order valence-corrected chi connectivity index (χ4v) is 3.15. The Kier molecular flexibility index (Phi) is 6.30. The molecule has 6 nitrogen and oxygen atoms in total. The third-order valence-electron chi connectivity index (χ3n) is 4.52. The summed E-state index contributed by atoms with van der Waals surface area (Å²) in [6.07, 6.45) is 1.63. The maximum atomic E-state index is 13.0. The number of hydrogen-bond acceptors (Lipinski definition) is 4. The smallest absolute Gasteiger partial charge is 0.411 e. The predicted molar refractivity (Wildman–Crippen MR) is 106 cm³/mol. The van der Waals surface area contributed by atoms with E-state index in [0.29, 0.717) is 12.3 Å². The summed E-state index contributed by atoms with van der Waals surface area (Å²) in [4.78, 5) is 26.4. The fourth-order valence-electron chi connectivity index (χ4n) is 3.15. The van der Waals surface area contributed by atoms with Gasteiger partial charge in [-0.3, -0.25) is 10.1 Å². The molecule has 2 aromatic rings. The van der Waals surface area contributed by atoms with Crippen LogP contribution in [0.4, 0.5) is 16.2 Å². The van der Waals surface area contributed by atoms with Crippen molar-refractivity contribution in [3.8, 4) is 0 Å². The highest BCUT2D eigenvalue weighted by Gasteiger charge is 2.27. The molecule has 1 fully saturated rings. The zero-order valence-electron chi connectivity index (χ0n) is 15.5. The van der Waals surface area contributed by atoms with Crippen LogP contribution >= 0.6 is 0 Å². The van der Waals surface area contributed by atoms with Gasteiger partial charge in [-0.15, -0.1) is 0 Å². The van der Waals surface area contributed by atoms with Gasteiger partial charge < -0.3 is 15.0 Å². The molecule has 2 amide bonds. The van der Waals surface area contributed by atoms with E-state index >= 15 is 0 Å². The minimum atomic E-state index is -0.482. The number of amides is 2. The van der Waals surface area contributed by atoms with E-state index < -0.39 is 12.1 Å². The van der Waals surface area contributed by atoms with Crippen LogP contribution in [0.1, 0.15) is 31.4 Å². The van der Waals surface area contributed by atoms with E-state index in [1.807, 2.05) is 47.4 Å². The lowest BCUT2D eigenvalue weighted by Gasteiger charge is -2.25. The molecule has 1 unspecified atom stereocenters. The second-order valence-corrected chi connectivity index (χ2v) is 6.44. The molecule has 1 heterocycles. The first-order valence-corrected chi connectivity index (χ1v) is 9.31. The first-order chi connectivity index (χ1) is 13.2. The van der Waals surface area contributed by atoms with Crippen molar-refractivity contribution < 1.29 is 14.3 Å². The van der Waals surface area contributed by atoms with Crippen molar-refractivity contribution in [2.24, 2.45) is 0 Å². The molecule has 3 rings (SSSR count). The summed E-state index contributed by atoms with van der Waals surface area (Å²) in [5.41, 5.74) is 2.38. The van der Waals surface area contributed by atoms with Crippen molar-refractivity contribution in [2.45, 2.75) is 25.8 Å². The molecule has 0 aliphatic carbocycles. The summed E-state index contributed by atoms with van der Waals surface area (Å²) >= 11 is 0. The van der Waals surface area contributed by atoms with Crippen LogP contribution in [0.25, 0.3) is 0 Å². The lowest BCUT2D eigenvalue weighted by atomic mass is 10.0. The van der Waals surface area contributed by atoms with E-state index in [-0.39, 0.29) is 5.91 Å². The van der Waals surface area contributed by atoms with Crippen molar-refractivity contribution in [2.75, 3.05) is 30.3 Å². The van der Waals surface area contributed by atoms with Crippen molar-refractivity contribution in [3.05, 3.63) is 60.2 Å². The third-order valence-corrected chi connectivity index (χ3v) is 4.52. The highest BCUT2D eigenvalue weighted by atomic mass is 16.5. The molecule has 0 spiro atoms. The molecule has 2 N–H and O–H groups in total. The molecule has 1 aliphatic heterocycles. The van der Waals surface area contributed by atoms with Gasteiger partial charge in [0.25, 0.3) is 0 Å². The molecule has 27 heavy (non-hydrogen) atoms. The van der Waals surface area contributed by atoms with Crippen molar-refractivity contribution >= 4 is 23.4 Å². The molecule has 0 aromatic heterocycles. The van der Waals surface area contributed by atoms with Gasteiger partial charge in [0.15, 0.2) is 0 Å². The summed E-state index contributed by atoms with van der Waals surface area (Å²) < 4.78 is 4.87. The topological polar surface area (TPSA) is 70.7 Å². The predicted octanol–water partition coefficient (Wildman–Crippen LogP) is 4.03. The quantitative estimate of drug-likeness (QED) is 0.809. The molecule has 142 valence electrons. The van der Waals surface area contributed by atoms with Gasteiger partial charge in [-0.05, 0) is 49.6 Å². The number of carbonyl (C=O) groups is 2.